The molecule has 37 heavy (non-hydrogen) atoms. The van der Waals surface area contributed by atoms with Gasteiger partial charge in [-0.2, -0.15) is 9.03 Å². The maximum Gasteiger partial charge on any atom is 0.243 e. The molecule has 1 saturated heterocycles. The lowest BCUT2D eigenvalue weighted by Crippen LogP contribution is -2.47. The molecule has 1 atom stereocenters. The Morgan fingerprint density at radius 1 is 0.730 bits per heavy atom. The molecule has 4 rings (SSSR count). The SMILES string of the molecule is O=C(NCc1ccc(S(=O)(=O)N2CCCCC2)cc1)C(Cc1ccccc1)NS(=O)(=O)c1ccccc1. The second-order valence-corrected chi connectivity index (χ2v) is 12.7. The van der Waals surface area contributed by atoms with E-state index in [1.807, 2.05) is 30.3 Å². The second-order valence-electron chi connectivity index (χ2n) is 9.00. The van der Waals surface area contributed by atoms with Gasteiger partial charge in [-0.05, 0) is 54.7 Å². The fraction of sp³-hybridized carbons (Fsp3) is 0.296. The minimum absolute atomic E-state index is 0.0753. The van der Waals surface area contributed by atoms with E-state index >= 15 is 0 Å². The van der Waals surface area contributed by atoms with Crippen LogP contribution in [0, 0.1) is 0 Å². The average Bonchev–Trinajstić information content (AvgIpc) is 2.93. The van der Waals surface area contributed by atoms with Crippen LogP contribution in [-0.2, 0) is 37.8 Å². The summed E-state index contributed by atoms with van der Waals surface area (Å²) in [5.41, 5.74) is 1.51. The molecule has 1 unspecified atom stereocenters. The molecule has 196 valence electrons. The molecule has 1 amide bonds. The minimum atomic E-state index is -3.92. The van der Waals surface area contributed by atoms with E-state index in [0.29, 0.717) is 18.7 Å². The van der Waals surface area contributed by atoms with Crippen molar-refractivity contribution >= 4 is 26.0 Å². The highest BCUT2D eigenvalue weighted by Crippen LogP contribution is 2.21. The molecule has 1 aliphatic rings. The summed E-state index contributed by atoms with van der Waals surface area (Å²) < 4.78 is 55.6. The maximum absolute atomic E-state index is 13.1. The van der Waals surface area contributed by atoms with Crippen LogP contribution in [0.3, 0.4) is 0 Å². The number of benzene rings is 3. The summed E-state index contributed by atoms with van der Waals surface area (Å²) in [5.74, 6) is -0.478. The number of rotatable bonds is 10. The van der Waals surface area contributed by atoms with Gasteiger partial charge in [-0.3, -0.25) is 4.79 Å². The third kappa shape index (κ3) is 7.04. The molecule has 3 aromatic rings. The topological polar surface area (TPSA) is 113 Å². The number of hydrogen-bond acceptors (Lipinski definition) is 5. The number of carbonyl (C=O) groups excluding carboxylic acids is 1. The molecular formula is C27H31N3O5S2. The monoisotopic (exact) mass is 541 g/mol. The Labute approximate surface area is 218 Å². The lowest BCUT2D eigenvalue weighted by Gasteiger charge is -2.25. The van der Waals surface area contributed by atoms with Gasteiger partial charge in [-0.25, -0.2) is 16.8 Å². The van der Waals surface area contributed by atoms with Crippen molar-refractivity contribution in [3.63, 3.8) is 0 Å². The van der Waals surface area contributed by atoms with E-state index in [0.717, 1.165) is 24.8 Å². The second kappa shape index (κ2) is 12.0. The largest absolute Gasteiger partial charge is 0.351 e. The van der Waals surface area contributed by atoms with E-state index in [2.05, 4.69) is 10.0 Å². The Balaban J connectivity index is 1.45. The highest BCUT2D eigenvalue weighted by molar-refractivity contribution is 7.89. The van der Waals surface area contributed by atoms with E-state index in [1.54, 1.807) is 42.5 Å². The van der Waals surface area contributed by atoms with Gasteiger partial charge in [0.25, 0.3) is 0 Å². The number of nitrogens with one attached hydrogen (secondary N) is 2. The van der Waals surface area contributed by atoms with E-state index in [9.17, 15) is 21.6 Å². The smallest absolute Gasteiger partial charge is 0.243 e. The zero-order valence-electron chi connectivity index (χ0n) is 20.4. The van der Waals surface area contributed by atoms with Crippen LogP contribution in [0.15, 0.2) is 94.7 Å². The van der Waals surface area contributed by atoms with E-state index in [1.165, 1.54) is 16.4 Å². The molecule has 1 fully saturated rings. The zero-order valence-corrected chi connectivity index (χ0v) is 22.0. The lowest BCUT2D eigenvalue weighted by molar-refractivity contribution is -0.122. The van der Waals surface area contributed by atoms with Crippen molar-refractivity contribution in [1.82, 2.24) is 14.3 Å². The quantitative estimate of drug-likeness (QED) is 0.410. The molecule has 0 spiro atoms. The first kappa shape index (κ1) is 27.0. The summed E-state index contributed by atoms with van der Waals surface area (Å²) in [7, 11) is -7.46. The number of amides is 1. The normalized spacial score (nSPS) is 15.7. The fourth-order valence-electron chi connectivity index (χ4n) is 4.24. The van der Waals surface area contributed by atoms with Gasteiger partial charge in [0.15, 0.2) is 0 Å². The van der Waals surface area contributed by atoms with Gasteiger partial charge in [-0.1, -0.05) is 67.1 Å². The van der Waals surface area contributed by atoms with Crippen LogP contribution in [0.25, 0.3) is 0 Å². The van der Waals surface area contributed by atoms with Gasteiger partial charge in [0.2, 0.25) is 26.0 Å². The van der Waals surface area contributed by atoms with Crippen LogP contribution in [0.1, 0.15) is 30.4 Å². The van der Waals surface area contributed by atoms with Crippen molar-refractivity contribution in [3.05, 3.63) is 96.1 Å². The van der Waals surface area contributed by atoms with Gasteiger partial charge in [0.05, 0.1) is 9.79 Å². The van der Waals surface area contributed by atoms with Crippen LogP contribution >= 0.6 is 0 Å². The molecule has 0 saturated carbocycles. The molecule has 0 aliphatic carbocycles. The standard InChI is InChI=1S/C27H31N3O5S2/c31-27(28-21-23-14-16-25(17-15-23)37(34,35)30-18-8-3-9-19-30)26(20-22-10-4-1-5-11-22)29-36(32,33)24-12-6-2-7-13-24/h1-2,4-7,10-17,26,29H,3,8-9,18-21H2,(H,28,31). The highest BCUT2D eigenvalue weighted by Gasteiger charge is 2.27. The summed E-state index contributed by atoms with van der Waals surface area (Å²) in [5, 5.41) is 2.79. The summed E-state index contributed by atoms with van der Waals surface area (Å²) in [6, 6.07) is 22.5. The first-order valence-corrected chi connectivity index (χ1v) is 15.2. The van der Waals surface area contributed by atoms with Crippen molar-refractivity contribution in [1.29, 1.82) is 0 Å². The predicted octanol–water partition coefficient (Wildman–Crippen LogP) is 3.07. The highest BCUT2D eigenvalue weighted by atomic mass is 32.2. The molecular weight excluding hydrogens is 510 g/mol. The van der Waals surface area contributed by atoms with Gasteiger partial charge in [0.1, 0.15) is 6.04 Å². The molecule has 8 nitrogen and oxygen atoms in total. The van der Waals surface area contributed by atoms with Crippen LogP contribution in [0.2, 0.25) is 0 Å². The first-order valence-electron chi connectivity index (χ1n) is 12.2. The van der Waals surface area contributed by atoms with Crippen molar-refractivity contribution in [3.8, 4) is 0 Å². The van der Waals surface area contributed by atoms with E-state index in [-0.39, 0.29) is 22.8 Å². The van der Waals surface area contributed by atoms with Crippen molar-refractivity contribution in [2.45, 2.75) is 48.1 Å². The summed E-state index contributed by atoms with van der Waals surface area (Å²) in [6.45, 7) is 1.19. The molecule has 1 heterocycles. The average molecular weight is 542 g/mol. The molecule has 3 aromatic carbocycles. The summed E-state index contributed by atoms with van der Waals surface area (Å²) >= 11 is 0. The Bertz CT molecular complexity index is 1390. The molecule has 10 heteroatoms. The predicted molar refractivity (Wildman–Crippen MR) is 142 cm³/mol. The molecule has 1 aliphatic heterocycles. The number of nitrogens with zero attached hydrogens (tertiary/aromatic N) is 1. The Kier molecular flexibility index (Phi) is 8.75. The molecule has 0 radical (unpaired) electrons. The number of carbonyl (C=O) groups is 1. The third-order valence-corrected chi connectivity index (χ3v) is 9.69. The van der Waals surface area contributed by atoms with Crippen LogP contribution in [0.5, 0.6) is 0 Å². The first-order chi connectivity index (χ1) is 17.8. The Hall–Kier alpha value is -3.05. The van der Waals surface area contributed by atoms with Crippen LogP contribution in [0.4, 0.5) is 0 Å². The van der Waals surface area contributed by atoms with Gasteiger partial charge in [0, 0.05) is 19.6 Å². The van der Waals surface area contributed by atoms with Crippen molar-refractivity contribution in [2.75, 3.05) is 13.1 Å². The summed E-state index contributed by atoms with van der Waals surface area (Å²) in [6.07, 6.45) is 2.94. The Morgan fingerprint density at radius 3 is 1.95 bits per heavy atom. The third-order valence-electron chi connectivity index (χ3n) is 6.29. The minimum Gasteiger partial charge on any atom is -0.351 e. The van der Waals surface area contributed by atoms with E-state index < -0.39 is 32.0 Å². The summed E-state index contributed by atoms with van der Waals surface area (Å²) in [4.78, 5) is 13.4. The van der Waals surface area contributed by atoms with E-state index in [4.69, 9.17) is 0 Å². The zero-order chi connectivity index (χ0) is 26.3. The molecule has 0 aromatic heterocycles. The van der Waals surface area contributed by atoms with Gasteiger partial charge in [-0.15, -0.1) is 0 Å². The van der Waals surface area contributed by atoms with Gasteiger partial charge >= 0.3 is 0 Å². The van der Waals surface area contributed by atoms with Crippen molar-refractivity contribution in [2.24, 2.45) is 0 Å². The fourth-order valence-corrected chi connectivity index (χ4v) is 6.97. The number of piperidine rings is 1. The van der Waals surface area contributed by atoms with Gasteiger partial charge < -0.3 is 5.32 Å². The lowest BCUT2D eigenvalue weighted by atomic mass is 10.1. The van der Waals surface area contributed by atoms with Crippen LogP contribution < -0.4 is 10.0 Å². The van der Waals surface area contributed by atoms with Crippen molar-refractivity contribution < 1.29 is 21.6 Å². The Morgan fingerprint density at radius 2 is 1.32 bits per heavy atom. The molecule has 0 bridgehead atoms. The maximum atomic E-state index is 13.1. The number of hydrogen-bond donors (Lipinski definition) is 2. The number of sulfonamides is 2. The molecule has 2 N–H and O–H groups in total. The van der Waals surface area contributed by atoms with Crippen LogP contribution in [-0.4, -0.2) is 46.2 Å².